The van der Waals surface area contributed by atoms with Gasteiger partial charge >= 0.3 is 0 Å². The summed E-state index contributed by atoms with van der Waals surface area (Å²) in [6.45, 7) is 9.85. The van der Waals surface area contributed by atoms with Gasteiger partial charge in [0.05, 0.1) is 18.6 Å². The van der Waals surface area contributed by atoms with Crippen LogP contribution in [0.25, 0.3) is 0 Å². The van der Waals surface area contributed by atoms with Crippen molar-refractivity contribution in [2.75, 3.05) is 73.2 Å². The van der Waals surface area contributed by atoms with Gasteiger partial charge in [-0.25, -0.2) is 8.42 Å². The molecule has 196 valence electrons. The monoisotopic (exact) mass is 508 g/mol. The van der Waals surface area contributed by atoms with Crippen molar-refractivity contribution in [2.45, 2.75) is 50.1 Å². The van der Waals surface area contributed by atoms with Crippen LogP contribution in [0, 0.1) is 13.8 Å². The summed E-state index contributed by atoms with van der Waals surface area (Å²) in [6.07, 6.45) is 3.13. The Morgan fingerprint density at radius 3 is 2.14 bits per heavy atom. The summed E-state index contributed by atoms with van der Waals surface area (Å²) in [6, 6.07) is 3.88. The average Bonchev–Trinajstić information content (AvgIpc) is 2.80. The van der Waals surface area contributed by atoms with Crippen LogP contribution >= 0.6 is 0 Å². The maximum absolute atomic E-state index is 13.3. The van der Waals surface area contributed by atoms with Crippen LogP contribution in [-0.2, 0) is 19.6 Å². The minimum Gasteiger partial charge on any atom is -0.497 e. The van der Waals surface area contributed by atoms with Crippen molar-refractivity contribution in [2.24, 2.45) is 0 Å². The number of ether oxygens (including phenoxy) is 2. The van der Waals surface area contributed by atoms with E-state index in [0.717, 1.165) is 45.7 Å². The Bertz CT molecular complexity index is 978. The van der Waals surface area contributed by atoms with Gasteiger partial charge in [0.25, 0.3) is 0 Å². The quantitative estimate of drug-likeness (QED) is 0.524. The van der Waals surface area contributed by atoms with Gasteiger partial charge < -0.3 is 19.3 Å². The summed E-state index contributed by atoms with van der Waals surface area (Å²) >= 11 is 0. The van der Waals surface area contributed by atoms with E-state index in [2.05, 4.69) is 16.8 Å². The number of aryl methyl sites for hydroxylation is 2. The van der Waals surface area contributed by atoms with E-state index in [1.54, 1.807) is 33.1 Å². The molecule has 0 radical (unpaired) electrons. The van der Waals surface area contributed by atoms with E-state index in [1.807, 2.05) is 4.90 Å². The van der Waals surface area contributed by atoms with E-state index in [4.69, 9.17) is 9.47 Å². The number of piperazine rings is 1. The molecular formula is C25H40N4O5S. The zero-order valence-electron chi connectivity index (χ0n) is 21.5. The van der Waals surface area contributed by atoms with Gasteiger partial charge in [-0.2, -0.15) is 4.31 Å². The molecule has 1 amide bonds. The van der Waals surface area contributed by atoms with Crippen molar-refractivity contribution in [1.29, 1.82) is 0 Å². The third kappa shape index (κ3) is 5.83. The number of amides is 1. The third-order valence-electron chi connectivity index (χ3n) is 7.73. The lowest BCUT2D eigenvalue weighted by Gasteiger charge is -2.42. The molecule has 1 unspecified atom stereocenters. The Morgan fingerprint density at radius 1 is 0.971 bits per heavy atom. The maximum Gasteiger partial charge on any atom is 0.248 e. The number of hydrogen-bond acceptors (Lipinski definition) is 7. The minimum absolute atomic E-state index is 0.000791. The zero-order chi connectivity index (χ0) is 25.2. The first-order chi connectivity index (χ1) is 16.7. The maximum atomic E-state index is 13.3. The topological polar surface area (TPSA) is 82.6 Å². The molecule has 1 atom stereocenters. The van der Waals surface area contributed by atoms with Crippen LogP contribution in [0.4, 0.5) is 0 Å². The molecule has 9 nitrogen and oxygen atoms in total. The van der Waals surface area contributed by atoms with E-state index < -0.39 is 10.0 Å². The van der Waals surface area contributed by atoms with Crippen molar-refractivity contribution in [3.63, 3.8) is 0 Å². The van der Waals surface area contributed by atoms with Crippen LogP contribution in [0.2, 0.25) is 0 Å². The molecule has 0 aromatic heterocycles. The Labute approximate surface area is 210 Å². The molecule has 3 fully saturated rings. The number of rotatable bonds is 8. The highest BCUT2D eigenvalue weighted by atomic mass is 32.2. The van der Waals surface area contributed by atoms with Gasteiger partial charge in [-0.1, -0.05) is 0 Å². The molecule has 10 heteroatoms. The number of carbonyl (C=O) groups is 1. The minimum atomic E-state index is -3.64. The first-order valence-electron chi connectivity index (χ1n) is 12.7. The van der Waals surface area contributed by atoms with Crippen LogP contribution in [0.1, 0.15) is 30.4 Å². The Kier molecular flexibility index (Phi) is 8.38. The van der Waals surface area contributed by atoms with Gasteiger partial charge in [0, 0.05) is 44.8 Å². The molecule has 0 aliphatic carbocycles. The van der Waals surface area contributed by atoms with Crippen molar-refractivity contribution < 1.29 is 22.7 Å². The van der Waals surface area contributed by atoms with Gasteiger partial charge in [0.2, 0.25) is 15.9 Å². The van der Waals surface area contributed by atoms with Crippen LogP contribution < -0.4 is 4.74 Å². The smallest absolute Gasteiger partial charge is 0.248 e. The van der Waals surface area contributed by atoms with E-state index in [0.29, 0.717) is 34.4 Å². The molecule has 3 aliphatic heterocycles. The van der Waals surface area contributed by atoms with E-state index >= 15 is 0 Å². The second-order valence-corrected chi connectivity index (χ2v) is 11.9. The lowest BCUT2D eigenvalue weighted by atomic mass is 10.0. The van der Waals surface area contributed by atoms with Crippen LogP contribution in [0.5, 0.6) is 5.75 Å². The number of sulfonamides is 1. The number of benzene rings is 1. The highest BCUT2D eigenvalue weighted by Crippen LogP contribution is 2.33. The van der Waals surface area contributed by atoms with Crippen molar-refractivity contribution in [3.8, 4) is 5.75 Å². The number of methoxy groups -OCH3 is 1. The first-order valence-corrected chi connectivity index (χ1v) is 14.1. The van der Waals surface area contributed by atoms with Gasteiger partial charge in [0.1, 0.15) is 12.4 Å². The van der Waals surface area contributed by atoms with Crippen molar-refractivity contribution >= 4 is 15.9 Å². The zero-order valence-corrected chi connectivity index (χ0v) is 22.3. The number of nitrogens with zero attached hydrogens (tertiary/aromatic N) is 4. The number of hydrogen-bond donors (Lipinski definition) is 0. The van der Waals surface area contributed by atoms with Gasteiger partial charge in [-0.05, 0) is 76.5 Å². The van der Waals surface area contributed by atoms with E-state index in [-0.39, 0.29) is 25.2 Å². The van der Waals surface area contributed by atoms with Gasteiger partial charge in [-0.3, -0.25) is 9.69 Å². The van der Waals surface area contributed by atoms with Gasteiger partial charge in [0.15, 0.2) is 0 Å². The van der Waals surface area contributed by atoms with Crippen molar-refractivity contribution in [3.05, 3.63) is 23.3 Å². The molecule has 0 bridgehead atoms. The van der Waals surface area contributed by atoms with Crippen LogP contribution in [0.3, 0.4) is 0 Å². The predicted molar refractivity (Wildman–Crippen MR) is 134 cm³/mol. The van der Waals surface area contributed by atoms with E-state index in [9.17, 15) is 13.2 Å². The molecule has 0 spiro atoms. The van der Waals surface area contributed by atoms with E-state index in [1.165, 1.54) is 17.1 Å². The molecular weight excluding hydrogens is 468 g/mol. The SMILES string of the molecule is COc1cc(C)c(S(=O)(=O)N2CCC2COCC(=O)N2CCN(C3CCN(C)CC3)CC2)c(C)c1. The molecule has 0 N–H and O–H groups in total. The summed E-state index contributed by atoms with van der Waals surface area (Å²) in [7, 11) is 0.109. The standard InChI is InChI=1S/C25H40N4O5S/c1-19-15-23(33-4)16-20(2)25(19)35(31,32)29-10-7-22(29)17-34-18-24(30)28-13-11-27(12-14-28)21-5-8-26(3)9-6-21/h15-16,21-22H,5-14,17-18H2,1-4H3. The van der Waals surface area contributed by atoms with Crippen LogP contribution in [-0.4, -0.2) is 119 Å². The Hall–Kier alpha value is -1.72. The van der Waals surface area contributed by atoms with Crippen LogP contribution in [0.15, 0.2) is 17.0 Å². The number of piperidine rings is 1. The highest BCUT2D eigenvalue weighted by molar-refractivity contribution is 7.89. The summed E-state index contributed by atoms with van der Waals surface area (Å²) in [5, 5.41) is 0. The first kappa shape index (κ1) is 26.3. The fourth-order valence-electron chi connectivity index (χ4n) is 5.52. The summed E-state index contributed by atoms with van der Waals surface area (Å²) < 4.78 is 39.2. The predicted octanol–water partition coefficient (Wildman–Crippen LogP) is 1.33. The van der Waals surface area contributed by atoms with Gasteiger partial charge in [-0.15, -0.1) is 0 Å². The molecule has 3 heterocycles. The molecule has 1 aromatic rings. The molecule has 35 heavy (non-hydrogen) atoms. The highest BCUT2D eigenvalue weighted by Gasteiger charge is 2.40. The molecule has 4 rings (SSSR count). The second kappa shape index (κ2) is 11.1. The molecule has 1 aromatic carbocycles. The normalized spacial score (nSPS) is 23.3. The number of likely N-dealkylation sites (tertiary alicyclic amines) is 1. The third-order valence-corrected chi connectivity index (χ3v) is 9.99. The fourth-order valence-corrected chi connectivity index (χ4v) is 7.59. The fraction of sp³-hybridized carbons (Fsp3) is 0.720. The summed E-state index contributed by atoms with van der Waals surface area (Å²) in [5.74, 6) is 0.636. The Balaban J connectivity index is 1.24. The molecule has 0 saturated carbocycles. The largest absolute Gasteiger partial charge is 0.497 e. The lowest BCUT2D eigenvalue weighted by Crippen LogP contribution is -2.55. The summed E-state index contributed by atoms with van der Waals surface area (Å²) in [5.41, 5.74) is 1.34. The second-order valence-electron chi connectivity index (χ2n) is 10.1. The number of carbonyl (C=O) groups excluding carboxylic acids is 1. The Morgan fingerprint density at radius 2 is 1.60 bits per heavy atom. The average molecular weight is 509 g/mol. The lowest BCUT2D eigenvalue weighted by molar-refractivity contribution is -0.139. The van der Waals surface area contributed by atoms with Crippen molar-refractivity contribution in [1.82, 2.24) is 19.0 Å². The molecule has 3 aliphatic rings. The molecule has 3 saturated heterocycles. The summed E-state index contributed by atoms with van der Waals surface area (Å²) in [4.78, 5) is 19.8.